The van der Waals surface area contributed by atoms with Gasteiger partial charge in [-0.25, -0.2) is 9.97 Å². The molecule has 0 unspecified atom stereocenters. The Morgan fingerprint density at radius 1 is 1.53 bits per heavy atom. The van der Waals surface area contributed by atoms with Gasteiger partial charge in [0.2, 0.25) is 0 Å². The van der Waals surface area contributed by atoms with Crippen LogP contribution in [0.25, 0.3) is 0 Å². The van der Waals surface area contributed by atoms with Crippen molar-refractivity contribution < 1.29 is 4.79 Å². The van der Waals surface area contributed by atoms with Gasteiger partial charge in [-0.2, -0.15) is 0 Å². The smallest absolute Gasteiger partial charge is 0.270 e. The molecule has 1 N–H and O–H groups in total. The summed E-state index contributed by atoms with van der Waals surface area (Å²) in [6, 6.07) is 1.70. The molecule has 0 aliphatic heterocycles. The summed E-state index contributed by atoms with van der Waals surface area (Å²) in [6.07, 6.45) is 2.81. The molecule has 0 radical (unpaired) electrons. The van der Waals surface area contributed by atoms with Crippen molar-refractivity contribution in [2.45, 2.75) is 25.4 Å². The quantitative estimate of drug-likeness (QED) is 0.625. The molecule has 0 fully saturated rings. The van der Waals surface area contributed by atoms with E-state index in [9.17, 15) is 4.79 Å². The molecule has 5 heteroatoms. The molecule has 1 aromatic rings. The van der Waals surface area contributed by atoms with Crippen LogP contribution in [0.4, 0.5) is 0 Å². The van der Waals surface area contributed by atoms with Crippen LogP contribution < -0.4 is 5.32 Å². The number of hydrogen-bond donors (Lipinski definition) is 1. The minimum atomic E-state index is -0.127. The zero-order valence-electron chi connectivity index (χ0n) is 9.20. The van der Waals surface area contributed by atoms with Gasteiger partial charge in [-0.05, 0) is 25.7 Å². The van der Waals surface area contributed by atoms with Gasteiger partial charge in [0.25, 0.3) is 5.91 Å². The highest BCUT2D eigenvalue weighted by Crippen LogP contribution is 2.10. The van der Waals surface area contributed by atoms with E-state index in [4.69, 9.17) is 0 Å². The van der Waals surface area contributed by atoms with Gasteiger partial charge in [-0.3, -0.25) is 4.79 Å². The Morgan fingerprint density at radius 2 is 2.27 bits per heavy atom. The molecule has 0 aliphatic carbocycles. The average molecular weight is 225 g/mol. The van der Waals surface area contributed by atoms with E-state index in [1.807, 2.05) is 20.1 Å². The number of carbonyl (C=O) groups excluding carboxylic acids is 1. The predicted octanol–water partition coefficient (Wildman–Crippen LogP) is 1.65. The van der Waals surface area contributed by atoms with Gasteiger partial charge >= 0.3 is 0 Å². The van der Waals surface area contributed by atoms with Crippen LogP contribution in [0.5, 0.6) is 0 Å². The van der Waals surface area contributed by atoms with Gasteiger partial charge in [0.1, 0.15) is 5.69 Å². The maximum atomic E-state index is 11.6. The van der Waals surface area contributed by atoms with E-state index in [1.165, 1.54) is 11.8 Å². The Bertz CT molecular complexity index is 355. The first-order valence-electron chi connectivity index (χ1n) is 4.85. The molecule has 0 spiro atoms. The van der Waals surface area contributed by atoms with Crippen LogP contribution in [0.3, 0.4) is 0 Å². The molecule has 0 aliphatic rings. The van der Waals surface area contributed by atoms with Crippen molar-refractivity contribution in [3.63, 3.8) is 0 Å². The number of aromatic nitrogens is 2. The third-order valence-electron chi connectivity index (χ3n) is 1.78. The minimum absolute atomic E-state index is 0.127. The summed E-state index contributed by atoms with van der Waals surface area (Å²) in [5.74, 6) is -0.127. The van der Waals surface area contributed by atoms with Crippen molar-refractivity contribution in [1.29, 1.82) is 0 Å². The number of hydrogen-bond acceptors (Lipinski definition) is 4. The fraction of sp³-hybridized carbons (Fsp3) is 0.500. The summed E-state index contributed by atoms with van der Waals surface area (Å²) in [5.41, 5.74) is 1.26. The molecule has 1 rings (SSSR count). The maximum absolute atomic E-state index is 11.6. The molecule has 0 bridgehead atoms. The number of rotatable bonds is 4. The summed E-state index contributed by atoms with van der Waals surface area (Å²) >= 11 is 1.44. The highest BCUT2D eigenvalue weighted by molar-refractivity contribution is 7.98. The van der Waals surface area contributed by atoms with Gasteiger partial charge in [-0.15, -0.1) is 0 Å². The molecule has 1 aromatic heterocycles. The molecular formula is C10H15N3OS. The summed E-state index contributed by atoms with van der Waals surface area (Å²) in [4.78, 5) is 19.9. The molecule has 15 heavy (non-hydrogen) atoms. The van der Waals surface area contributed by atoms with Crippen molar-refractivity contribution in [1.82, 2.24) is 15.3 Å². The summed E-state index contributed by atoms with van der Waals surface area (Å²) in [6.45, 7) is 4.55. The number of nitrogens with one attached hydrogen (secondary N) is 1. The molecule has 0 aromatic carbocycles. The summed E-state index contributed by atoms with van der Waals surface area (Å²) < 4.78 is 0. The Labute approximate surface area is 93.9 Å². The van der Waals surface area contributed by atoms with Gasteiger partial charge < -0.3 is 5.32 Å². The van der Waals surface area contributed by atoms with Crippen LogP contribution in [-0.2, 0) is 0 Å². The highest BCUT2D eigenvalue weighted by atomic mass is 32.2. The fourth-order valence-electron chi connectivity index (χ4n) is 1.08. The van der Waals surface area contributed by atoms with Crippen LogP contribution in [0.15, 0.2) is 11.2 Å². The van der Waals surface area contributed by atoms with Crippen LogP contribution in [0.1, 0.15) is 29.5 Å². The summed E-state index contributed by atoms with van der Waals surface area (Å²) in [7, 11) is 0. The molecule has 0 atom stereocenters. The Kier molecular flexibility index (Phi) is 4.55. The van der Waals surface area contributed by atoms with E-state index >= 15 is 0 Å². The van der Waals surface area contributed by atoms with Gasteiger partial charge in [-0.1, -0.05) is 18.7 Å². The Hall–Kier alpha value is -1.10. The van der Waals surface area contributed by atoms with E-state index in [2.05, 4.69) is 15.3 Å². The second kappa shape index (κ2) is 5.70. The standard InChI is InChI=1S/C10H15N3OS/c1-4-5-11-9(14)8-6-7(2)12-10(13-8)15-3/h6H,4-5H2,1-3H3,(H,11,14). The van der Waals surface area contributed by atoms with Crippen molar-refractivity contribution in [3.05, 3.63) is 17.5 Å². The van der Waals surface area contributed by atoms with Crippen LogP contribution >= 0.6 is 11.8 Å². The van der Waals surface area contributed by atoms with Gasteiger partial charge in [0.05, 0.1) is 0 Å². The number of carbonyl (C=O) groups is 1. The van der Waals surface area contributed by atoms with E-state index in [1.54, 1.807) is 6.07 Å². The summed E-state index contributed by atoms with van der Waals surface area (Å²) in [5, 5.41) is 3.42. The first-order valence-corrected chi connectivity index (χ1v) is 6.07. The van der Waals surface area contributed by atoms with Crippen molar-refractivity contribution in [3.8, 4) is 0 Å². The molecule has 4 nitrogen and oxygen atoms in total. The Morgan fingerprint density at radius 3 is 2.87 bits per heavy atom. The second-order valence-electron chi connectivity index (χ2n) is 3.14. The van der Waals surface area contributed by atoms with Crippen LogP contribution in [-0.4, -0.2) is 28.7 Å². The normalized spacial score (nSPS) is 10.1. The lowest BCUT2D eigenvalue weighted by Crippen LogP contribution is -2.25. The van der Waals surface area contributed by atoms with E-state index in [0.29, 0.717) is 17.4 Å². The van der Waals surface area contributed by atoms with E-state index < -0.39 is 0 Å². The first kappa shape index (κ1) is 12.0. The average Bonchev–Trinajstić information content (AvgIpc) is 2.24. The van der Waals surface area contributed by atoms with E-state index in [0.717, 1.165) is 12.1 Å². The van der Waals surface area contributed by atoms with Gasteiger partial charge in [0, 0.05) is 12.2 Å². The number of aryl methyl sites for hydroxylation is 1. The van der Waals surface area contributed by atoms with Crippen molar-refractivity contribution in [2.75, 3.05) is 12.8 Å². The maximum Gasteiger partial charge on any atom is 0.270 e. The Balaban J connectivity index is 2.83. The van der Waals surface area contributed by atoms with Crippen LogP contribution in [0.2, 0.25) is 0 Å². The molecule has 82 valence electrons. The van der Waals surface area contributed by atoms with Crippen molar-refractivity contribution in [2.24, 2.45) is 0 Å². The van der Waals surface area contributed by atoms with Crippen molar-refractivity contribution >= 4 is 17.7 Å². The molecule has 1 amide bonds. The minimum Gasteiger partial charge on any atom is -0.351 e. The first-order chi connectivity index (χ1) is 7.17. The fourth-order valence-corrected chi connectivity index (χ4v) is 1.50. The SMILES string of the molecule is CCCNC(=O)c1cc(C)nc(SC)n1. The lowest BCUT2D eigenvalue weighted by atomic mass is 10.3. The molecular weight excluding hydrogens is 210 g/mol. The monoisotopic (exact) mass is 225 g/mol. The largest absolute Gasteiger partial charge is 0.351 e. The number of amides is 1. The lowest BCUT2D eigenvalue weighted by molar-refractivity contribution is 0.0947. The third-order valence-corrected chi connectivity index (χ3v) is 2.33. The molecule has 0 saturated heterocycles. The van der Waals surface area contributed by atoms with E-state index in [-0.39, 0.29) is 5.91 Å². The highest BCUT2D eigenvalue weighted by Gasteiger charge is 2.08. The molecule has 0 saturated carbocycles. The van der Waals surface area contributed by atoms with Crippen LogP contribution in [0, 0.1) is 6.92 Å². The lowest BCUT2D eigenvalue weighted by Gasteiger charge is -2.04. The third kappa shape index (κ3) is 3.51. The zero-order chi connectivity index (χ0) is 11.3. The topological polar surface area (TPSA) is 54.9 Å². The predicted molar refractivity (Wildman–Crippen MR) is 61.2 cm³/mol. The number of thioether (sulfide) groups is 1. The number of nitrogens with zero attached hydrogens (tertiary/aromatic N) is 2. The zero-order valence-corrected chi connectivity index (χ0v) is 10.0. The molecule has 1 heterocycles. The second-order valence-corrected chi connectivity index (χ2v) is 3.91. The van der Waals surface area contributed by atoms with Gasteiger partial charge in [0.15, 0.2) is 5.16 Å².